The fourth-order valence-electron chi connectivity index (χ4n) is 2.52. The van der Waals surface area contributed by atoms with Crippen LogP contribution in [0.15, 0.2) is 41.8 Å². The summed E-state index contributed by atoms with van der Waals surface area (Å²) in [5.74, 6) is -0.0798. The molecule has 2 aromatic rings. The van der Waals surface area contributed by atoms with E-state index in [4.69, 9.17) is 11.6 Å². The van der Waals surface area contributed by atoms with Crippen molar-refractivity contribution in [1.82, 2.24) is 10.2 Å². The highest BCUT2D eigenvalue weighted by molar-refractivity contribution is 7.12. The standard InChI is InChI=1S/C16H15ClN2O2S/c17-13-5-2-1-4-11(13)9-19-10-12(8-15(19)20)18-16(21)14-6-3-7-22-14/h1-7,12H,8-10H2,(H,18,21)/t12-/m1/s1. The average molecular weight is 335 g/mol. The van der Waals surface area contributed by atoms with Crippen molar-refractivity contribution in [1.29, 1.82) is 0 Å². The summed E-state index contributed by atoms with van der Waals surface area (Å²) in [6, 6.07) is 11.0. The van der Waals surface area contributed by atoms with Gasteiger partial charge in [-0.25, -0.2) is 0 Å². The Morgan fingerprint density at radius 1 is 1.32 bits per heavy atom. The number of rotatable bonds is 4. The highest BCUT2D eigenvalue weighted by Crippen LogP contribution is 2.21. The quantitative estimate of drug-likeness (QED) is 0.934. The summed E-state index contributed by atoms with van der Waals surface area (Å²) in [5.41, 5.74) is 0.919. The van der Waals surface area contributed by atoms with E-state index in [0.717, 1.165) is 5.56 Å². The van der Waals surface area contributed by atoms with Gasteiger partial charge in [0, 0.05) is 24.5 Å². The molecule has 1 aliphatic heterocycles. The van der Waals surface area contributed by atoms with E-state index in [0.29, 0.717) is 29.4 Å². The molecule has 22 heavy (non-hydrogen) atoms. The zero-order chi connectivity index (χ0) is 15.5. The van der Waals surface area contributed by atoms with Crippen LogP contribution >= 0.6 is 22.9 Å². The molecule has 0 unspecified atom stereocenters. The van der Waals surface area contributed by atoms with E-state index in [2.05, 4.69) is 5.32 Å². The molecule has 1 aromatic heterocycles. The first-order chi connectivity index (χ1) is 10.6. The molecule has 1 aliphatic rings. The molecule has 0 saturated carbocycles. The fourth-order valence-corrected chi connectivity index (χ4v) is 3.34. The molecule has 4 nitrogen and oxygen atoms in total. The molecule has 6 heteroatoms. The van der Waals surface area contributed by atoms with E-state index in [-0.39, 0.29) is 17.9 Å². The minimum absolute atomic E-state index is 0.0383. The molecule has 1 aromatic carbocycles. The zero-order valence-electron chi connectivity index (χ0n) is 11.8. The largest absolute Gasteiger partial charge is 0.346 e. The van der Waals surface area contributed by atoms with Crippen molar-refractivity contribution in [2.24, 2.45) is 0 Å². The van der Waals surface area contributed by atoms with Crippen molar-refractivity contribution in [3.05, 3.63) is 57.2 Å². The SMILES string of the molecule is O=C(N[C@@H]1CC(=O)N(Cc2ccccc2Cl)C1)c1cccs1. The van der Waals surface area contributed by atoms with E-state index in [1.165, 1.54) is 11.3 Å². The maximum absolute atomic E-state index is 12.1. The molecule has 1 N–H and O–H groups in total. The number of likely N-dealkylation sites (tertiary alicyclic amines) is 1. The van der Waals surface area contributed by atoms with Gasteiger partial charge < -0.3 is 10.2 Å². The molecule has 0 spiro atoms. The second kappa shape index (κ2) is 6.50. The molecule has 2 heterocycles. The van der Waals surface area contributed by atoms with Crippen molar-refractivity contribution in [3.8, 4) is 0 Å². The molecule has 114 valence electrons. The second-order valence-electron chi connectivity index (χ2n) is 5.22. The van der Waals surface area contributed by atoms with Gasteiger partial charge in [0.25, 0.3) is 5.91 Å². The summed E-state index contributed by atoms with van der Waals surface area (Å²) >= 11 is 7.52. The highest BCUT2D eigenvalue weighted by Gasteiger charge is 2.31. The monoisotopic (exact) mass is 334 g/mol. The summed E-state index contributed by atoms with van der Waals surface area (Å²) in [7, 11) is 0. The number of halogens is 1. The lowest BCUT2D eigenvalue weighted by Crippen LogP contribution is -2.36. The molecule has 1 fully saturated rings. The van der Waals surface area contributed by atoms with Crippen LogP contribution in [-0.2, 0) is 11.3 Å². The van der Waals surface area contributed by atoms with Crippen LogP contribution in [0, 0.1) is 0 Å². The number of thiophene rings is 1. The summed E-state index contributed by atoms with van der Waals surface area (Å²) in [4.78, 5) is 26.5. The topological polar surface area (TPSA) is 49.4 Å². The third kappa shape index (κ3) is 3.31. The number of carbonyl (C=O) groups excluding carboxylic acids is 2. The van der Waals surface area contributed by atoms with E-state index in [1.54, 1.807) is 11.0 Å². The zero-order valence-corrected chi connectivity index (χ0v) is 13.4. The van der Waals surface area contributed by atoms with Gasteiger partial charge in [-0.15, -0.1) is 11.3 Å². The van der Waals surface area contributed by atoms with Gasteiger partial charge in [-0.2, -0.15) is 0 Å². The number of nitrogens with one attached hydrogen (secondary N) is 1. The van der Waals surface area contributed by atoms with Gasteiger partial charge in [-0.3, -0.25) is 9.59 Å². The summed E-state index contributed by atoms with van der Waals surface area (Å²) in [6.45, 7) is 0.991. The number of hydrogen-bond donors (Lipinski definition) is 1. The Kier molecular flexibility index (Phi) is 4.45. The lowest BCUT2D eigenvalue weighted by molar-refractivity contribution is -0.128. The van der Waals surface area contributed by atoms with Crippen LogP contribution < -0.4 is 5.32 Å². The Balaban J connectivity index is 1.61. The van der Waals surface area contributed by atoms with Crippen molar-refractivity contribution < 1.29 is 9.59 Å². The number of nitrogens with zero attached hydrogens (tertiary/aromatic N) is 1. The first-order valence-corrected chi connectivity index (χ1v) is 8.25. The van der Waals surface area contributed by atoms with E-state index in [1.807, 2.05) is 35.7 Å². The first-order valence-electron chi connectivity index (χ1n) is 6.99. The molecule has 1 saturated heterocycles. The van der Waals surface area contributed by atoms with Crippen LogP contribution in [0.25, 0.3) is 0 Å². The van der Waals surface area contributed by atoms with Gasteiger partial charge >= 0.3 is 0 Å². The molecule has 0 radical (unpaired) electrons. The smallest absolute Gasteiger partial charge is 0.261 e. The molecule has 1 atom stereocenters. The Labute approximate surface area is 137 Å². The predicted octanol–water partition coefficient (Wildman–Crippen LogP) is 2.93. The maximum Gasteiger partial charge on any atom is 0.261 e. The summed E-state index contributed by atoms with van der Waals surface area (Å²) < 4.78 is 0. The van der Waals surface area contributed by atoms with Crippen LogP contribution in [0.4, 0.5) is 0 Å². The van der Waals surface area contributed by atoms with Crippen LogP contribution in [0.3, 0.4) is 0 Å². The maximum atomic E-state index is 12.1. The first kappa shape index (κ1) is 15.1. The van der Waals surface area contributed by atoms with Crippen LogP contribution in [0.1, 0.15) is 21.7 Å². The Bertz CT molecular complexity index is 687. The lowest BCUT2D eigenvalue weighted by atomic mass is 10.2. The number of hydrogen-bond acceptors (Lipinski definition) is 3. The average Bonchev–Trinajstić information content (AvgIpc) is 3.12. The molecule has 2 amide bonds. The van der Waals surface area contributed by atoms with Gasteiger partial charge in [-0.05, 0) is 23.1 Å². The van der Waals surface area contributed by atoms with Crippen molar-refractivity contribution >= 4 is 34.8 Å². The molecular formula is C16H15ClN2O2S. The second-order valence-corrected chi connectivity index (χ2v) is 6.57. The molecule has 0 bridgehead atoms. The van der Waals surface area contributed by atoms with E-state index < -0.39 is 0 Å². The third-order valence-corrected chi connectivity index (χ3v) is 4.85. The number of amides is 2. The Hall–Kier alpha value is -1.85. The van der Waals surface area contributed by atoms with Crippen molar-refractivity contribution in [3.63, 3.8) is 0 Å². The van der Waals surface area contributed by atoms with Crippen molar-refractivity contribution in [2.75, 3.05) is 6.54 Å². The number of benzene rings is 1. The van der Waals surface area contributed by atoms with Gasteiger partial charge in [0.05, 0.1) is 10.9 Å². The van der Waals surface area contributed by atoms with E-state index in [9.17, 15) is 9.59 Å². The number of carbonyl (C=O) groups is 2. The van der Waals surface area contributed by atoms with E-state index >= 15 is 0 Å². The Morgan fingerprint density at radius 2 is 2.14 bits per heavy atom. The predicted molar refractivity (Wildman–Crippen MR) is 87.1 cm³/mol. The molecule has 0 aliphatic carbocycles. The van der Waals surface area contributed by atoms with Gasteiger partial charge in [0.1, 0.15) is 0 Å². The van der Waals surface area contributed by atoms with Crippen LogP contribution in [-0.4, -0.2) is 29.3 Å². The minimum atomic E-state index is -0.149. The van der Waals surface area contributed by atoms with Gasteiger partial charge in [0.15, 0.2) is 0 Å². The normalized spacial score (nSPS) is 17.8. The van der Waals surface area contributed by atoms with Crippen LogP contribution in [0.2, 0.25) is 5.02 Å². The molecule has 3 rings (SSSR count). The summed E-state index contributed by atoms with van der Waals surface area (Å²) in [5, 5.41) is 5.43. The fraction of sp³-hybridized carbons (Fsp3) is 0.250. The Morgan fingerprint density at radius 3 is 2.86 bits per heavy atom. The summed E-state index contributed by atoms with van der Waals surface area (Å²) in [6.07, 6.45) is 0.335. The van der Waals surface area contributed by atoms with Crippen LogP contribution in [0.5, 0.6) is 0 Å². The minimum Gasteiger partial charge on any atom is -0.346 e. The molecular weight excluding hydrogens is 320 g/mol. The highest BCUT2D eigenvalue weighted by atomic mass is 35.5. The van der Waals surface area contributed by atoms with Gasteiger partial charge in [0.2, 0.25) is 5.91 Å². The van der Waals surface area contributed by atoms with Gasteiger partial charge in [-0.1, -0.05) is 35.9 Å². The lowest BCUT2D eigenvalue weighted by Gasteiger charge is -2.17. The van der Waals surface area contributed by atoms with Crippen molar-refractivity contribution in [2.45, 2.75) is 19.0 Å². The third-order valence-electron chi connectivity index (χ3n) is 3.61.